The topological polar surface area (TPSA) is 201 Å². The van der Waals surface area contributed by atoms with Crippen molar-refractivity contribution in [2.45, 2.75) is 52.0 Å². The normalized spacial score (nSPS) is 13.8. The molecule has 0 bridgehead atoms. The van der Waals surface area contributed by atoms with Crippen LogP contribution in [0.1, 0.15) is 90.2 Å². The molecule has 0 amide bonds. The Labute approximate surface area is 483 Å². The monoisotopic (exact) mass is 1160 g/mol. The van der Waals surface area contributed by atoms with Crippen molar-refractivity contribution < 1.29 is 46.5 Å². The number of carboxylic acid groups (broad SMARTS) is 1. The SMILES string of the molecule is COC(=O)c1ccc2nc(CN3CC=C(c4cccc(OCc5ccc(Cl)cc5F)n4)CC3)c(Cc3cocn3)n2c1.O=C(O)c1ccc2nc(CN3CC=C(c4cccc(OCc5ccc(Cl)cc5F)n4)CC3)c(Cc3cocn3)n2c1. The number of aromatic carboxylic acids is 1. The summed E-state index contributed by atoms with van der Waals surface area (Å²) in [7, 11) is 1.36. The van der Waals surface area contributed by atoms with Gasteiger partial charge in [0.1, 0.15) is 48.7 Å². The van der Waals surface area contributed by atoms with Gasteiger partial charge in [-0.05, 0) is 84.7 Å². The zero-order chi connectivity index (χ0) is 57.4. The van der Waals surface area contributed by atoms with Crippen LogP contribution in [0.15, 0.2) is 156 Å². The van der Waals surface area contributed by atoms with Gasteiger partial charge in [0.25, 0.3) is 0 Å². The van der Waals surface area contributed by atoms with Crippen LogP contribution in [0.4, 0.5) is 8.78 Å². The predicted octanol–water partition coefficient (Wildman–Crippen LogP) is 11.4. The first-order valence-corrected chi connectivity index (χ1v) is 27.1. The molecule has 2 aliphatic heterocycles. The zero-order valence-corrected chi connectivity index (χ0v) is 46.1. The standard InChI is InChI=1S/C31H27ClFN5O4.C30H25ClFN5O4/c1-40-31(39)21-6-8-29-35-27(28(38(29)15-21)14-24-18-41-19-34-24)16-37-11-9-20(10-12-37)26-3-2-4-30(36-26)42-17-22-5-7-23(32)13-25(22)33;31-22-6-4-21(24(32)12-22)16-41-29-3-1-2-25(35-29)19-8-10-36(11-9-19)15-26-27(13-23-17-40-18-33-23)37-14-20(30(38)39)5-7-28(37)34-26/h2-9,13,15,18-19H,10-12,14,16-17H2,1H3;1-8,12,14,17-18H,9-11,13,15-16H2,(H,38,39). The summed E-state index contributed by atoms with van der Waals surface area (Å²) in [5, 5.41) is 10.2. The van der Waals surface area contributed by atoms with Gasteiger partial charge in [0.2, 0.25) is 11.8 Å². The number of rotatable bonds is 18. The minimum Gasteiger partial charge on any atom is -0.478 e. The van der Waals surface area contributed by atoms with Crippen LogP contribution in [0.5, 0.6) is 11.8 Å². The van der Waals surface area contributed by atoms with Crippen LogP contribution in [0.2, 0.25) is 10.0 Å². The molecule has 12 rings (SSSR count). The van der Waals surface area contributed by atoms with E-state index in [0.29, 0.717) is 83.2 Å². The van der Waals surface area contributed by atoms with Crippen molar-refractivity contribution in [3.8, 4) is 11.8 Å². The summed E-state index contributed by atoms with van der Waals surface area (Å²) in [5.74, 6) is -1.38. The fourth-order valence-corrected chi connectivity index (χ4v) is 10.1. The van der Waals surface area contributed by atoms with Crippen LogP contribution in [0.3, 0.4) is 0 Å². The first kappa shape index (κ1) is 55.8. The number of hydrogen-bond acceptors (Lipinski definition) is 15. The van der Waals surface area contributed by atoms with Gasteiger partial charge >= 0.3 is 11.9 Å². The minimum absolute atomic E-state index is 0.0515. The number of hydrogen-bond donors (Lipinski definition) is 1. The van der Waals surface area contributed by atoms with Crippen molar-refractivity contribution in [2.24, 2.45) is 0 Å². The van der Waals surface area contributed by atoms with Crippen LogP contribution in [0, 0.1) is 11.6 Å². The van der Waals surface area contributed by atoms with Gasteiger partial charge in [0.15, 0.2) is 12.8 Å². The average molecular weight is 1160 g/mol. The van der Waals surface area contributed by atoms with Gasteiger partial charge in [0, 0.05) is 97.8 Å². The summed E-state index contributed by atoms with van der Waals surface area (Å²) in [4.78, 5) is 55.9. The van der Waals surface area contributed by atoms with Crippen LogP contribution >= 0.6 is 23.2 Å². The molecule has 0 unspecified atom stereocenters. The number of methoxy groups -OCH3 is 1. The van der Waals surface area contributed by atoms with Crippen LogP contribution in [0.25, 0.3) is 22.4 Å². The second-order valence-corrected chi connectivity index (χ2v) is 20.5. The molecule has 2 aromatic carbocycles. The van der Waals surface area contributed by atoms with E-state index in [1.807, 2.05) is 39.1 Å². The number of imidazole rings is 2. The molecule has 2 aliphatic rings. The van der Waals surface area contributed by atoms with Crippen LogP contribution < -0.4 is 9.47 Å². The number of carbonyl (C=O) groups excluding carboxylic acids is 1. The lowest BCUT2D eigenvalue weighted by molar-refractivity contribution is 0.0599. The molecular weight excluding hydrogens is 1110 g/mol. The molecular formula is C61H52Cl2F2N10O8. The van der Waals surface area contributed by atoms with Crippen LogP contribution in [-0.2, 0) is 43.9 Å². The average Bonchev–Trinajstić information content (AvgIpc) is 3.77. The van der Waals surface area contributed by atoms with E-state index >= 15 is 0 Å². The van der Waals surface area contributed by atoms with Gasteiger partial charge in [-0.3, -0.25) is 9.80 Å². The number of ether oxygens (including phenoxy) is 3. The van der Waals surface area contributed by atoms with Gasteiger partial charge < -0.3 is 37.0 Å². The lowest BCUT2D eigenvalue weighted by Gasteiger charge is -2.26. The van der Waals surface area contributed by atoms with E-state index in [1.54, 1.807) is 79.5 Å². The molecule has 1 N–H and O–H groups in total. The van der Waals surface area contributed by atoms with E-state index in [1.165, 1.54) is 32.0 Å². The van der Waals surface area contributed by atoms with Gasteiger partial charge in [-0.25, -0.2) is 48.3 Å². The Bertz CT molecular complexity index is 4040. The molecule has 10 heterocycles. The summed E-state index contributed by atoms with van der Waals surface area (Å²) in [6.45, 7) is 4.31. The molecule has 18 nitrogen and oxygen atoms in total. The molecule has 0 spiro atoms. The Kier molecular flexibility index (Phi) is 17.1. The Morgan fingerprint density at radius 3 is 1.53 bits per heavy atom. The quantitative estimate of drug-likeness (QED) is 0.0794. The number of aromatic nitrogens is 8. The number of halogens is 4. The summed E-state index contributed by atoms with van der Waals surface area (Å²) < 4.78 is 58.8. The summed E-state index contributed by atoms with van der Waals surface area (Å²) in [5.41, 5.74) is 11.8. The van der Waals surface area contributed by atoms with Crippen molar-refractivity contribution >= 4 is 57.6 Å². The fraction of sp³-hybridized carbons (Fsp3) is 0.213. The predicted molar refractivity (Wildman–Crippen MR) is 303 cm³/mol. The molecule has 22 heteroatoms. The van der Waals surface area contributed by atoms with Crippen molar-refractivity contribution in [1.29, 1.82) is 0 Å². The molecule has 10 aromatic rings. The van der Waals surface area contributed by atoms with E-state index in [2.05, 4.69) is 41.9 Å². The van der Waals surface area contributed by atoms with Gasteiger partial charge in [-0.1, -0.05) is 59.6 Å². The number of pyridine rings is 4. The molecule has 0 fully saturated rings. The highest BCUT2D eigenvalue weighted by Crippen LogP contribution is 2.29. The Balaban J connectivity index is 0.000000174. The number of fused-ring (bicyclic) bond motifs is 2. The number of nitrogens with zero attached hydrogens (tertiary/aromatic N) is 10. The molecule has 422 valence electrons. The largest absolute Gasteiger partial charge is 0.478 e. The lowest BCUT2D eigenvalue weighted by atomic mass is 10.0. The van der Waals surface area contributed by atoms with Crippen molar-refractivity contribution in [3.05, 3.63) is 236 Å². The molecule has 8 aromatic heterocycles. The van der Waals surface area contributed by atoms with Gasteiger partial charge in [0.05, 0.1) is 63.8 Å². The number of esters is 1. The maximum atomic E-state index is 14.1. The van der Waals surface area contributed by atoms with E-state index in [4.69, 9.17) is 56.2 Å². The molecule has 0 saturated carbocycles. The van der Waals surface area contributed by atoms with Crippen molar-refractivity contribution in [3.63, 3.8) is 0 Å². The van der Waals surface area contributed by atoms with E-state index in [-0.39, 0.29) is 18.8 Å². The third kappa shape index (κ3) is 13.5. The molecule has 0 radical (unpaired) electrons. The maximum Gasteiger partial charge on any atom is 0.339 e. The third-order valence-electron chi connectivity index (χ3n) is 14.2. The Hall–Kier alpha value is -9.08. The first-order valence-electron chi connectivity index (χ1n) is 26.4. The molecule has 0 aliphatic carbocycles. The van der Waals surface area contributed by atoms with Crippen molar-refractivity contribution in [1.82, 2.24) is 48.5 Å². The molecule has 0 saturated heterocycles. The summed E-state index contributed by atoms with van der Waals surface area (Å²) in [6.07, 6.45) is 16.2. The van der Waals surface area contributed by atoms with Gasteiger partial charge in [-0.15, -0.1) is 0 Å². The Morgan fingerprint density at radius 2 is 1.11 bits per heavy atom. The maximum absolute atomic E-state index is 14.1. The third-order valence-corrected chi connectivity index (χ3v) is 14.6. The van der Waals surface area contributed by atoms with E-state index in [9.17, 15) is 23.5 Å². The van der Waals surface area contributed by atoms with Gasteiger partial charge in [-0.2, -0.15) is 0 Å². The number of benzene rings is 2. The van der Waals surface area contributed by atoms with E-state index < -0.39 is 23.6 Å². The second-order valence-electron chi connectivity index (χ2n) is 19.6. The first-order chi connectivity index (χ1) is 40.4. The smallest absolute Gasteiger partial charge is 0.339 e. The highest BCUT2D eigenvalue weighted by molar-refractivity contribution is 6.30. The zero-order valence-electron chi connectivity index (χ0n) is 44.6. The summed E-state index contributed by atoms with van der Waals surface area (Å²) >= 11 is 11.7. The van der Waals surface area contributed by atoms with E-state index in [0.717, 1.165) is 88.3 Å². The highest BCUT2D eigenvalue weighted by atomic mass is 35.5. The minimum atomic E-state index is -0.997. The number of carbonyl (C=O) groups is 2. The lowest BCUT2D eigenvalue weighted by Crippen LogP contribution is -2.28. The van der Waals surface area contributed by atoms with Crippen LogP contribution in [-0.4, -0.2) is 98.8 Å². The fourth-order valence-electron chi connectivity index (χ4n) is 9.80. The number of carboxylic acids is 1. The van der Waals surface area contributed by atoms with Crippen molar-refractivity contribution in [2.75, 3.05) is 33.3 Å². The Morgan fingerprint density at radius 1 is 0.627 bits per heavy atom. The number of oxazole rings is 2. The highest BCUT2D eigenvalue weighted by Gasteiger charge is 2.24. The summed E-state index contributed by atoms with van der Waals surface area (Å²) in [6, 6.07) is 27.0. The molecule has 0 atom stereocenters. The second kappa shape index (κ2) is 25.4. The molecule has 83 heavy (non-hydrogen) atoms.